The Morgan fingerprint density at radius 1 is 0.750 bits per heavy atom. The van der Waals surface area contributed by atoms with Crippen LogP contribution in [-0.4, -0.2) is 26.6 Å². The Labute approximate surface area is 189 Å². The van der Waals surface area contributed by atoms with Crippen LogP contribution in [0.5, 0.6) is 0 Å². The zero-order valence-corrected chi connectivity index (χ0v) is 17.3. The number of pyridine rings is 1. The fourth-order valence-corrected chi connectivity index (χ4v) is 2.97. The lowest BCUT2D eigenvalue weighted by Crippen LogP contribution is -2.17. The minimum atomic E-state index is -0.822. The number of aromatic nitrogens is 1. The number of hydrogen-bond donors (Lipinski definition) is 2. The standard InChI is InChI=1S/C19H11Cl2N5O6/c20-10-4-6-12(14(8-10)25(29)30)18(27)23-16-2-1-3-17(22-16)24-19(28)13-7-5-11(21)9-15(13)26(31)32/h1-9H,(H2,22,23,24,27,28). The average Bonchev–Trinajstić information content (AvgIpc) is 2.73. The minimum Gasteiger partial charge on any atom is -0.306 e. The number of hydrogen-bond acceptors (Lipinski definition) is 7. The van der Waals surface area contributed by atoms with Gasteiger partial charge in [0.15, 0.2) is 0 Å². The van der Waals surface area contributed by atoms with Crippen molar-refractivity contribution in [3.63, 3.8) is 0 Å². The van der Waals surface area contributed by atoms with Crippen LogP contribution in [0.1, 0.15) is 20.7 Å². The highest BCUT2D eigenvalue weighted by Gasteiger charge is 2.22. The van der Waals surface area contributed by atoms with Crippen molar-refractivity contribution in [3.05, 3.63) is 96.0 Å². The van der Waals surface area contributed by atoms with Gasteiger partial charge < -0.3 is 10.6 Å². The van der Waals surface area contributed by atoms with E-state index >= 15 is 0 Å². The summed E-state index contributed by atoms with van der Waals surface area (Å²) in [7, 11) is 0. The van der Waals surface area contributed by atoms with Gasteiger partial charge in [0, 0.05) is 22.2 Å². The molecule has 0 saturated carbocycles. The van der Waals surface area contributed by atoms with E-state index in [2.05, 4.69) is 15.6 Å². The normalized spacial score (nSPS) is 10.3. The molecule has 0 aliphatic carbocycles. The number of nitro benzene ring substituents is 2. The number of amides is 2. The number of nitrogens with one attached hydrogen (secondary N) is 2. The Morgan fingerprint density at radius 3 is 1.53 bits per heavy atom. The van der Waals surface area contributed by atoms with Crippen LogP contribution in [-0.2, 0) is 0 Å². The molecule has 11 nitrogen and oxygen atoms in total. The highest BCUT2D eigenvalue weighted by atomic mass is 35.5. The molecule has 0 bridgehead atoms. The number of nitro groups is 2. The molecule has 2 amide bonds. The van der Waals surface area contributed by atoms with E-state index in [1.807, 2.05) is 0 Å². The van der Waals surface area contributed by atoms with Gasteiger partial charge in [0.05, 0.1) is 9.85 Å². The first-order valence-corrected chi connectivity index (χ1v) is 9.39. The largest absolute Gasteiger partial charge is 0.306 e. The monoisotopic (exact) mass is 475 g/mol. The summed E-state index contributed by atoms with van der Waals surface area (Å²) >= 11 is 11.5. The van der Waals surface area contributed by atoms with Gasteiger partial charge in [0.2, 0.25) is 0 Å². The predicted molar refractivity (Wildman–Crippen MR) is 116 cm³/mol. The van der Waals surface area contributed by atoms with Gasteiger partial charge in [0.25, 0.3) is 23.2 Å². The van der Waals surface area contributed by atoms with E-state index in [9.17, 15) is 29.8 Å². The van der Waals surface area contributed by atoms with Gasteiger partial charge in [-0.05, 0) is 36.4 Å². The Balaban J connectivity index is 1.81. The van der Waals surface area contributed by atoms with E-state index < -0.39 is 33.0 Å². The molecule has 0 saturated heterocycles. The lowest BCUT2D eigenvalue weighted by Gasteiger charge is -2.09. The Morgan fingerprint density at radius 2 is 1.16 bits per heavy atom. The lowest BCUT2D eigenvalue weighted by molar-refractivity contribution is -0.385. The van der Waals surface area contributed by atoms with Crippen molar-refractivity contribution in [2.24, 2.45) is 0 Å². The molecule has 3 aromatic rings. The first-order chi connectivity index (χ1) is 15.2. The molecule has 0 radical (unpaired) electrons. The summed E-state index contributed by atoms with van der Waals surface area (Å²) in [5.41, 5.74) is -1.47. The highest BCUT2D eigenvalue weighted by molar-refractivity contribution is 6.31. The highest BCUT2D eigenvalue weighted by Crippen LogP contribution is 2.25. The van der Waals surface area contributed by atoms with Crippen LogP contribution in [0.15, 0.2) is 54.6 Å². The molecule has 162 valence electrons. The minimum absolute atomic E-state index is 0.0253. The van der Waals surface area contributed by atoms with Gasteiger partial charge in [-0.2, -0.15) is 0 Å². The SMILES string of the molecule is O=C(Nc1cccc(NC(=O)c2ccc(Cl)cc2[N+](=O)[O-])n1)c1ccc(Cl)cc1[N+](=O)[O-]. The van der Waals surface area contributed by atoms with Gasteiger partial charge in [-0.1, -0.05) is 29.3 Å². The van der Waals surface area contributed by atoms with E-state index in [-0.39, 0.29) is 32.8 Å². The predicted octanol–water partition coefficient (Wildman–Crippen LogP) is 4.71. The van der Waals surface area contributed by atoms with Crippen molar-refractivity contribution in [1.29, 1.82) is 0 Å². The van der Waals surface area contributed by atoms with E-state index in [0.717, 1.165) is 12.1 Å². The second-order valence-electron chi connectivity index (χ2n) is 6.15. The third kappa shape index (κ3) is 5.14. The van der Waals surface area contributed by atoms with E-state index in [1.165, 1.54) is 42.5 Å². The molecule has 32 heavy (non-hydrogen) atoms. The number of benzene rings is 2. The fourth-order valence-electron chi connectivity index (χ4n) is 2.64. The van der Waals surface area contributed by atoms with Crippen molar-refractivity contribution in [1.82, 2.24) is 4.98 Å². The molecule has 1 aromatic heterocycles. The van der Waals surface area contributed by atoms with Crippen molar-refractivity contribution < 1.29 is 19.4 Å². The molecule has 0 aliphatic heterocycles. The summed E-state index contributed by atoms with van der Waals surface area (Å²) in [6.07, 6.45) is 0. The lowest BCUT2D eigenvalue weighted by atomic mass is 10.1. The first kappa shape index (κ1) is 22.6. The molecule has 0 fully saturated rings. The zero-order chi connectivity index (χ0) is 23.4. The topological polar surface area (TPSA) is 157 Å². The Bertz CT molecular complexity index is 1170. The molecule has 1 heterocycles. The molecule has 0 unspecified atom stereocenters. The maximum absolute atomic E-state index is 12.5. The molecule has 3 rings (SSSR count). The Kier molecular flexibility index (Phi) is 6.61. The van der Waals surface area contributed by atoms with Crippen LogP contribution in [0.3, 0.4) is 0 Å². The van der Waals surface area contributed by atoms with Gasteiger partial charge in [-0.15, -0.1) is 0 Å². The average molecular weight is 476 g/mol. The number of anilines is 2. The van der Waals surface area contributed by atoms with Crippen LogP contribution in [0.25, 0.3) is 0 Å². The molecule has 13 heteroatoms. The number of nitrogens with zero attached hydrogens (tertiary/aromatic N) is 3. The molecule has 2 N–H and O–H groups in total. The quantitative estimate of drug-likeness (QED) is 0.385. The van der Waals surface area contributed by atoms with Gasteiger partial charge >= 0.3 is 0 Å². The molecule has 2 aromatic carbocycles. The van der Waals surface area contributed by atoms with Crippen LogP contribution < -0.4 is 10.6 Å². The second-order valence-corrected chi connectivity index (χ2v) is 7.03. The summed E-state index contributed by atoms with van der Waals surface area (Å²) in [5, 5.41) is 27.3. The summed E-state index contributed by atoms with van der Waals surface area (Å²) in [6.45, 7) is 0. The smallest absolute Gasteiger partial charge is 0.283 e. The third-order valence-electron chi connectivity index (χ3n) is 4.03. The number of rotatable bonds is 6. The van der Waals surface area contributed by atoms with Crippen molar-refractivity contribution >= 4 is 58.0 Å². The van der Waals surface area contributed by atoms with Gasteiger partial charge in [-0.25, -0.2) is 4.98 Å². The third-order valence-corrected chi connectivity index (χ3v) is 4.50. The molecule has 0 atom stereocenters. The van der Waals surface area contributed by atoms with Crippen molar-refractivity contribution in [2.75, 3.05) is 10.6 Å². The van der Waals surface area contributed by atoms with E-state index in [4.69, 9.17) is 23.2 Å². The molecule has 0 spiro atoms. The first-order valence-electron chi connectivity index (χ1n) is 8.63. The summed E-state index contributed by atoms with van der Waals surface area (Å²) < 4.78 is 0. The maximum atomic E-state index is 12.5. The summed E-state index contributed by atoms with van der Waals surface area (Å²) in [6, 6.07) is 11.4. The van der Waals surface area contributed by atoms with Crippen LogP contribution in [0.2, 0.25) is 10.0 Å². The van der Waals surface area contributed by atoms with E-state index in [1.54, 1.807) is 0 Å². The number of carbonyl (C=O) groups is 2. The Hall–Kier alpha value is -4.09. The second kappa shape index (κ2) is 9.37. The van der Waals surface area contributed by atoms with Crippen LogP contribution >= 0.6 is 23.2 Å². The van der Waals surface area contributed by atoms with Crippen LogP contribution in [0.4, 0.5) is 23.0 Å². The maximum Gasteiger partial charge on any atom is 0.283 e. The fraction of sp³-hybridized carbons (Fsp3) is 0. The number of halogens is 2. The molecule has 0 aliphatic rings. The number of carbonyl (C=O) groups excluding carboxylic acids is 2. The van der Waals surface area contributed by atoms with Gasteiger partial charge in [0.1, 0.15) is 22.8 Å². The van der Waals surface area contributed by atoms with Crippen molar-refractivity contribution in [2.45, 2.75) is 0 Å². The molecular weight excluding hydrogens is 465 g/mol. The van der Waals surface area contributed by atoms with Gasteiger partial charge in [-0.3, -0.25) is 29.8 Å². The molecular formula is C19H11Cl2N5O6. The summed E-state index contributed by atoms with van der Waals surface area (Å²) in [5.74, 6) is -1.69. The van der Waals surface area contributed by atoms with E-state index in [0.29, 0.717) is 0 Å². The zero-order valence-electron chi connectivity index (χ0n) is 15.7. The van der Waals surface area contributed by atoms with Crippen molar-refractivity contribution in [3.8, 4) is 0 Å². The van der Waals surface area contributed by atoms with Crippen LogP contribution in [0, 0.1) is 20.2 Å². The summed E-state index contributed by atoms with van der Waals surface area (Å²) in [4.78, 5) is 49.9.